The lowest BCUT2D eigenvalue weighted by atomic mass is 9.80. The Hall–Kier alpha value is -1.13. The van der Waals surface area contributed by atoms with Gasteiger partial charge in [0, 0.05) is 6.04 Å². The third-order valence-electron chi connectivity index (χ3n) is 5.02. The van der Waals surface area contributed by atoms with Gasteiger partial charge in [-0.1, -0.05) is 17.4 Å². The second-order valence-corrected chi connectivity index (χ2v) is 7.18. The molecule has 2 aromatic rings. The first kappa shape index (κ1) is 12.6. The zero-order valence-corrected chi connectivity index (χ0v) is 12.4. The number of nitrogens with zero attached hydrogens (tertiary/aromatic N) is 1. The van der Waals surface area contributed by atoms with Crippen LogP contribution < -0.4 is 4.87 Å². The van der Waals surface area contributed by atoms with Crippen molar-refractivity contribution in [2.45, 2.75) is 44.1 Å². The van der Waals surface area contributed by atoms with Crippen molar-refractivity contribution in [2.75, 3.05) is 13.1 Å². The van der Waals surface area contributed by atoms with Crippen LogP contribution in [0.1, 0.15) is 43.6 Å². The molecule has 0 amide bonds. The molecule has 1 aliphatic carbocycles. The second-order valence-electron chi connectivity index (χ2n) is 6.17. The molecule has 4 heteroatoms. The lowest BCUT2D eigenvalue weighted by Gasteiger charge is -2.42. The van der Waals surface area contributed by atoms with Gasteiger partial charge in [-0.2, -0.15) is 0 Å². The summed E-state index contributed by atoms with van der Waals surface area (Å²) in [6.07, 6.45) is 6.65. The second kappa shape index (κ2) is 5.01. The predicted molar refractivity (Wildman–Crippen MR) is 83.6 cm³/mol. The van der Waals surface area contributed by atoms with Crippen LogP contribution in [-0.4, -0.2) is 29.0 Å². The van der Waals surface area contributed by atoms with Gasteiger partial charge in [0.05, 0.1) is 10.2 Å². The van der Waals surface area contributed by atoms with Crippen molar-refractivity contribution < 1.29 is 0 Å². The number of H-pyrrole nitrogens is 1. The summed E-state index contributed by atoms with van der Waals surface area (Å²) in [5.74, 6) is 0.681. The standard InChI is InChI=1S/C16H20N2OS/c19-16-17-14-10-12(4-7-15(14)20-16)11-2-5-13(6-3-11)18-8-1-9-18/h4,7,10-11,13H,1-3,5-6,8-9H2,(H,17,19). The molecule has 20 heavy (non-hydrogen) atoms. The maximum Gasteiger partial charge on any atom is 0.305 e. The van der Waals surface area contributed by atoms with E-state index in [0.717, 1.165) is 16.3 Å². The van der Waals surface area contributed by atoms with Crippen LogP contribution in [0.15, 0.2) is 23.0 Å². The molecule has 0 radical (unpaired) electrons. The van der Waals surface area contributed by atoms with Gasteiger partial charge in [-0.15, -0.1) is 0 Å². The first-order valence-corrected chi connectivity index (χ1v) is 8.48. The number of thiazole rings is 1. The molecule has 1 N–H and O–H groups in total. The fourth-order valence-electron chi connectivity index (χ4n) is 3.70. The molecule has 1 saturated heterocycles. The maximum atomic E-state index is 11.4. The highest BCUT2D eigenvalue weighted by molar-refractivity contribution is 7.16. The smallest absolute Gasteiger partial charge is 0.305 e. The van der Waals surface area contributed by atoms with Gasteiger partial charge in [0.2, 0.25) is 0 Å². The zero-order valence-electron chi connectivity index (χ0n) is 11.6. The molecular weight excluding hydrogens is 268 g/mol. The molecular formula is C16H20N2OS. The Morgan fingerprint density at radius 1 is 1.15 bits per heavy atom. The van der Waals surface area contributed by atoms with Crippen molar-refractivity contribution in [1.29, 1.82) is 0 Å². The number of benzene rings is 1. The minimum absolute atomic E-state index is 0.0543. The summed E-state index contributed by atoms with van der Waals surface area (Å²) in [7, 11) is 0. The van der Waals surface area contributed by atoms with Crippen molar-refractivity contribution in [3.63, 3.8) is 0 Å². The van der Waals surface area contributed by atoms with E-state index in [2.05, 4.69) is 28.1 Å². The first-order valence-electron chi connectivity index (χ1n) is 7.66. The van der Waals surface area contributed by atoms with Crippen LogP contribution in [0, 0.1) is 0 Å². The number of aromatic amines is 1. The Morgan fingerprint density at radius 2 is 1.95 bits per heavy atom. The maximum absolute atomic E-state index is 11.4. The molecule has 1 aromatic carbocycles. The highest BCUT2D eigenvalue weighted by Gasteiger charge is 2.29. The molecule has 0 spiro atoms. The Kier molecular flexibility index (Phi) is 3.15. The van der Waals surface area contributed by atoms with Gasteiger partial charge < -0.3 is 9.88 Å². The van der Waals surface area contributed by atoms with Gasteiger partial charge in [0.1, 0.15) is 0 Å². The molecule has 0 atom stereocenters. The molecule has 0 unspecified atom stereocenters. The highest BCUT2D eigenvalue weighted by Crippen LogP contribution is 2.36. The highest BCUT2D eigenvalue weighted by atomic mass is 32.1. The first-order chi connectivity index (χ1) is 9.79. The van der Waals surface area contributed by atoms with E-state index in [1.807, 2.05) is 0 Å². The van der Waals surface area contributed by atoms with E-state index < -0.39 is 0 Å². The quantitative estimate of drug-likeness (QED) is 0.920. The molecule has 0 bridgehead atoms. The molecule has 1 aliphatic heterocycles. The van der Waals surface area contributed by atoms with Gasteiger partial charge in [-0.25, -0.2) is 0 Å². The Labute approximate surface area is 122 Å². The summed E-state index contributed by atoms with van der Waals surface area (Å²) in [4.78, 5) is 17.0. The van der Waals surface area contributed by atoms with E-state index in [4.69, 9.17) is 0 Å². The summed E-state index contributed by atoms with van der Waals surface area (Å²) in [6, 6.07) is 7.36. The van der Waals surface area contributed by atoms with Gasteiger partial charge in [-0.05, 0) is 68.8 Å². The van der Waals surface area contributed by atoms with Crippen LogP contribution in [0.4, 0.5) is 0 Å². The van der Waals surface area contributed by atoms with E-state index >= 15 is 0 Å². The minimum Gasteiger partial charge on any atom is -0.312 e. The van der Waals surface area contributed by atoms with Crippen molar-refractivity contribution in [2.24, 2.45) is 0 Å². The fraction of sp³-hybridized carbons (Fsp3) is 0.562. The lowest BCUT2D eigenvalue weighted by molar-refractivity contribution is 0.0869. The molecule has 4 rings (SSSR count). The average Bonchev–Trinajstić information content (AvgIpc) is 2.76. The normalized spacial score (nSPS) is 27.6. The number of nitrogens with one attached hydrogen (secondary N) is 1. The topological polar surface area (TPSA) is 36.1 Å². The largest absolute Gasteiger partial charge is 0.312 e. The SMILES string of the molecule is O=c1[nH]c2cc(C3CCC(N4CCC4)CC3)ccc2s1. The number of rotatable bonds is 2. The van der Waals surface area contributed by atoms with Gasteiger partial charge in [0.15, 0.2) is 0 Å². The van der Waals surface area contributed by atoms with Crippen LogP contribution in [0.2, 0.25) is 0 Å². The van der Waals surface area contributed by atoms with E-state index in [0.29, 0.717) is 5.92 Å². The minimum atomic E-state index is 0.0543. The monoisotopic (exact) mass is 288 g/mol. The third kappa shape index (κ3) is 2.21. The summed E-state index contributed by atoms with van der Waals surface area (Å²) in [5.41, 5.74) is 2.43. The van der Waals surface area contributed by atoms with Crippen molar-refractivity contribution in [1.82, 2.24) is 9.88 Å². The number of fused-ring (bicyclic) bond motifs is 1. The molecule has 3 nitrogen and oxygen atoms in total. The van der Waals surface area contributed by atoms with Crippen LogP contribution in [0.3, 0.4) is 0 Å². The molecule has 2 heterocycles. The molecule has 1 aromatic heterocycles. The van der Waals surface area contributed by atoms with Crippen LogP contribution >= 0.6 is 11.3 Å². The van der Waals surface area contributed by atoms with Crippen LogP contribution in [0.25, 0.3) is 10.2 Å². The number of hydrogen-bond acceptors (Lipinski definition) is 3. The Balaban J connectivity index is 1.50. The molecule has 1 saturated carbocycles. The summed E-state index contributed by atoms with van der Waals surface area (Å²) in [6.45, 7) is 2.63. The van der Waals surface area contributed by atoms with E-state index in [-0.39, 0.29) is 4.87 Å². The Morgan fingerprint density at radius 3 is 2.65 bits per heavy atom. The number of likely N-dealkylation sites (tertiary alicyclic amines) is 1. The summed E-state index contributed by atoms with van der Waals surface area (Å²) < 4.78 is 1.08. The van der Waals surface area contributed by atoms with Crippen molar-refractivity contribution in [3.05, 3.63) is 33.4 Å². The van der Waals surface area contributed by atoms with Gasteiger partial charge >= 0.3 is 4.87 Å². The van der Waals surface area contributed by atoms with Crippen LogP contribution in [0.5, 0.6) is 0 Å². The van der Waals surface area contributed by atoms with E-state index in [1.54, 1.807) is 0 Å². The third-order valence-corrected chi connectivity index (χ3v) is 5.88. The Bertz CT molecular complexity index is 662. The molecule has 2 fully saturated rings. The predicted octanol–water partition coefficient (Wildman–Crippen LogP) is 3.32. The van der Waals surface area contributed by atoms with Crippen LogP contribution in [-0.2, 0) is 0 Å². The fourth-order valence-corrected chi connectivity index (χ4v) is 4.42. The van der Waals surface area contributed by atoms with Crippen molar-refractivity contribution in [3.8, 4) is 0 Å². The molecule has 2 aliphatic rings. The average molecular weight is 288 g/mol. The van der Waals surface area contributed by atoms with Gasteiger partial charge in [0.25, 0.3) is 0 Å². The molecule has 106 valence electrons. The number of hydrogen-bond donors (Lipinski definition) is 1. The lowest BCUT2D eigenvalue weighted by Crippen LogP contribution is -2.46. The zero-order chi connectivity index (χ0) is 13.5. The summed E-state index contributed by atoms with van der Waals surface area (Å²) in [5, 5.41) is 0. The number of aromatic nitrogens is 1. The van der Waals surface area contributed by atoms with Crippen molar-refractivity contribution >= 4 is 21.6 Å². The summed E-state index contributed by atoms with van der Waals surface area (Å²) >= 11 is 1.30. The van der Waals surface area contributed by atoms with Gasteiger partial charge in [-0.3, -0.25) is 4.79 Å². The van der Waals surface area contributed by atoms with E-state index in [1.165, 1.54) is 62.1 Å². The van der Waals surface area contributed by atoms with E-state index in [9.17, 15) is 4.79 Å².